The Morgan fingerprint density at radius 1 is 1.30 bits per heavy atom. The van der Waals surface area contributed by atoms with Crippen molar-refractivity contribution in [3.8, 4) is 11.6 Å². The summed E-state index contributed by atoms with van der Waals surface area (Å²) in [4.78, 5) is 11.8. The number of aryl methyl sites for hydroxylation is 1. The molecule has 3 aromatic rings. The molecule has 1 amide bonds. The molecule has 0 aromatic carbocycles. The van der Waals surface area contributed by atoms with E-state index in [1.54, 1.807) is 30.1 Å². The molecule has 3 aromatic heterocycles. The fourth-order valence-electron chi connectivity index (χ4n) is 1.50. The van der Waals surface area contributed by atoms with E-state index >= 15 is 0 Å². The second-order valence-electron chi connectivity index (χ2n) is 3.84. The van der Waals surface area contributed by atoms with Gasteiger partial charge in [0, 0.05) is 13.2 Å². The molecule has 0 bridgehead atoms. The van der Waals surface area contributed by atoms with Gasteiger partial charge < -0.3 is 8.83 Å². The van der Waals surface area contributed by atoms with Crippen LogP contribution in [0.4, 0.5) is 6.01 Å². The zero-order valence-electron chi connectivity index (χ0n) is 10.2. The summed E-state index contributed by atoms with van der Waals surface area (Å²) in [5.74, 6) is -0.122. The van der Waals surface area contributed by atoms with Gasteiger partial charge in [0.15, 0.2) is 10.4 Å². The summed E-state index contributed by atoms with van der Waals surface area (Å²) in [6, 6.07) is 4.84. The van der Waals surface area contributed by atoms with Crippen LogP contribution in [0, 0.1) is 0 Å². The number of rotatable bonds is 3. The van der Waals surface area contributed by atoms with E-state index in [1.807, 2.05) is 0 Å². The van der Waals surface area contributed by atoms with E-state index < -0.39 is 5.91 Å². The highest BCUT2D eigenvalue weighted by molar-refractivity contribution is 9.10. The second-order valence-corrected chi connectivity index (χ2v) is 4.63. The number of hydrogen-bond donors (Lipinski definition) is 1. The molecule has 0 fully saturated rings. The molecule has 20 heavy (non-hydrogen) atoms. The van der Waals surface area contributed by atoms with E-state index in [2.05, 4.69) is 36.5 Å². The van der Waals surface area contributed by atoms with Crippen LogP contribution in [0.5, 0.6) is 0 Å². The summed E-state index contributed by atoms with van der Waals surface area (Å²) in [7, 11) is 1.78. The van der Waals surface area contributed by atoms with Gasteiger partial charge in [0.1, 0.15) is 5.69 Å². The number of anilines is 1. The highest BCUT2D eigenvalue weighted by atomic mass is 79.9. The molecule has 0 aliphatic carbocycles. The topological polar surface area (TPSA) is 99.0 Å². The summed E-state index contributed by atoms with van der Waals surface area (Å²) in [6.45, 7) is 0. The SMILES string of the molecule is Cn1ccc(-c2nnc(NC(=O)c3ccc(Br)o3)o2)n1. The number of nitrogens with one attached hydrogen (secondary N) is 1. The maximum absolute atomic E-state index is 11.8. The van der Waals surface area contributed by atoms with E-state index in [0.717, 1.165) is 0 Å². The Hall–Kier alpha value is -2.42. The third kappa shape index (κ3) is 2.48. The van der Waals surface area contributed by atoms with Crippen molar-refractivity contribution in [2.24, 2.45) is 7.05 Å². The van der Waals surface area contributed by atoms with Crippen LogP contribution in [0.2, 0.25) is 0 Å². The number of amides is 1. The van der Waals surface area contributed by atoms with Gasteiger partial charge in [-0.05, 0) is 34.1 Å². The molecule has 0 saturated heterocycles. The van der Waals surface area contributed by atoms with E-state index in [1.165, 1.54) is 6.07 Å². The lowest BCUT2D eigenvalue weighted by Gasteiger charge is -1.95. The van der Waals surface area contributed by atoms with Crippen LogP contribution in [0.15, 0.2) is 37.9 Å². The largest absolute Gasteiger partial charge is 0.444 e. The van der Waals surface area contributed by atoms with Crippen molar-refractivity contribution in [1.29, 1.82) is 0 Å². The maximum Gasteiger partial charge on any atom is 0.322 e. The average Bonchev–Trinajstić information content (AvgIpc) is 3.10. The van der Waals surface area contributed by atoms with Gasteiger partial charge in [-0.25, -0.2) is 0 Å². The predicted molar refractivity (Wildman–Crippen MR) is 70.9 cm³/mol. The third-order valence-corrected chi connectivity index (χ3v) is 2.80. The number of aromatic nitrogens is 4. The third-order valence-electron chi connectivity index (χ3n) is 2.38. The molecular weight excluding hydrogens is 330 g/mol. The highest BCUT2D eigenvalue weighted by Gasteiger charge is 2.16. The molecule has 1 N–H and O–H groups in total. The zero-order valence-corrected chi connectivity index (χ0v) is 11.8. The molecule has 102 valence electrons. The standard InChI is InChI=1S/C11H8BrN5O3/c1-17-5-4-6(16-17)10-14-15-11(20-10)13-9(18)7-2-3-8(12)19-7/h2-5H,1H3,(H,13,15,18). The predicted octanol–water partition coefficient (Wildman–Crippen LogP) is 2.08. The molecule has 0 saturated carbocycles. The summed E-state index contributed by atoms with van der Waals surface area (Å²) >= 11 is 3.11. The lowest BCUT2D eigenvalue weighted by atomic mass is 10.4. The zero-order chi connectivity index (χ0) is 14.1. The first-order valence-corrected chi connectivity index (χ1v) is 6.31. The monoisotopic (exact) mass is 337 g/mol. The molecule has 0 atom stereocenters. The molecule has 9 heteroatoms. The van der Waals surface area contributed by atoms with E-state index in [0.29, 0.717) is 10.4 Å². The van der Waals surface area contributed by atoms with Crippen molar-refractivity contribution in [2.45, 2.75) is 0 Å². The van der Waals surface area contributed by atoms with Crippen molar-refractivity contribution in [3.63, 3.8) is 0 Å². The molecule has 0 unspecified atom stereocenters. The number of nitrogens with zero attached hydrogens (tertiary/aromatic N) is 4. The van der Waals surface area contributed by atoms with Gasteiger partial charge >= 0.3 is 6.01 Å². The van der Waals surface area contributed by atoms with Gasteiger partial charge in [-0.15, -0.1) is 5.10 Å². The lowest BCUT2D eigenvalue weighted by molar-refractivity contribution is 0.0992. The summed E-state index contributed by atoms with van der Waals surface area (Å²) in [5.41, 5.74) is 0.529. The van der Waals surface area contributed by atoms with Gasteiger partial charge in [-0.3, -0.25) is 14.8 Å². The van der Waals surface area contributed by atoms with E-state index in [9.17, 15) is 4.79 Å². The quantitative estimate of drug-likeness (QED) is 0.785. The van der Waals surface area contributed by atoms with Crippen molar-refractivity contribution in [2.75, 3.05) is 5.32 Å². The van der Waals surface area contributed by atoms with Crippen molar-refractivity contribution >= 4 is 27.9 Å². The fraction of sp³-hybridized carbons (Fsp3) is 0.0909. The van der Waals surface area contributed by atoms with Crippen LogP contribution in [0.25, 0.3) is 11.6 Å². The molecular formula is C11H8BrN5O3. The first-order chi connectivity index (χ1) is 9.61. The summed E-state index contributed by atoms with van der Waals surface area (Å²) in [5, 5.41) is 14.1. The van der Waals surface area contributed by atoms with Crippen LogP contribution in [0.3, 0.4) is 0 Å². The van der Waals surface area contributed by atoms with Crippen molar-refractivity contribution in [1.82, 2.24) is 20.0 Å². The smallest absolute Gasteiger partial charge is 0.322 e. The Labute approximate surface area is 120 Å². The summed E-state index contributed by atoms with van der Waals surface area (Å²) in [6.07, 6.45) is 1.75. The molecule has 0 aliphatic heterocycles. The minimum Gasteiger partial charge on any atom is -0.444 e. The van der Waals surface area contributed by atoms with Crippen LogP contribution >= 0.6 is 15.9 Å². The Bertz CT molecular complexity index is 760. The molecule has 0 aliphatic rings. The second kappa shape index (κ2) is 4.93. The molecule has 3 heterocycles. The number of furan rings is 1. The maximum atomic E-state index is 11.8. The molecule has 0 spiro atoms. The minimum atomic E-state index is -0.480. The summed E-state index contributed by atoms with van der Waals surface area (Å²) < 4.78 is 12.5. The Morgan fingerprint density at radius 3 is 2.80 bits per heavy atom. The van der Waals surface area contributed by atoms with Gasteiger partial charge in [-0.2, -0.15) is 5.10 Å². The van der Waals surface area contributed by atoms with Crippen LogP contribution in [-0.2, 0) is 7.05 Å². The number of hydrogen-bond acceptors (Lipinski definition) is 6. The Balaban J connectivity index is 1.76. The molecule has 8 nitrogen and oxygen atoms in total. The first kappa shape index (κ1) is 12.6. The van der Waals surface area contributed by atoms with Gasteiger partial charge in [0.05, 0.1) is 0 Å². The molecule has 3 rings (SSSR count). The van der Waals surface area contributed by atoms with E-state index in [-0.39, 0.29) is 17.7 Å². The van der Waals surface area contributed by atoms with Crippen LogP contribution in [-0.4, -0.2) is 25.9 Å². The number of halogens is 1. The van der Waals surface area contributed by atoms with Crippen molar-refractivity contribution < 1.29 is 13.6 Å². The first-order valence-electron chi connectivity index (χ1n) is 5.52. The lowest BCUT2D eigenvalue weighted by Crippen LogP contribution is -2.10. The number of carbonyl (C=O) groups is 1. The average molecular weight is 338 g/mol. The minimum absolute atomic E-state index is 0.0248. The van der Waals surface area contributed by atoms with Gasteiger partial charge in [0.2, 0.25) is 0 Å². The van der Waals surface area contributed by atoms with Crippen molar-refractivity contribution in [3.05, 3.63) is 34.8 Å². The Morgan fingerprint density at radius 2 is 2.15 bits per heavy atom. The van der Waals surface area contributed by atoms with Gasteiger partial charge in [0.25, 0.3) is 11.8 Å². The normalized spacial score (nSPS) is 10.7. The molecule has 0 radical (unpaired) electrons. The van der Waals surface area contributed by atoms with Crippen LogP contribution in [0.1, 0.15) is 10.6 Å². The van der Waals surface area contributed by atoms with E-state index in [4.69, 9.17) is 8.83 Å². The Kier molecular flexibility index (Phi) is 3.11. The van der Waals surface area contributed by atoms with Crippen LogP contribution < -0.4 is 5.32 Å². The number of carbonyl (C=O) groups excluding carboxylic acids is 1. The van der Waals surface area contributed by atoms with Gasteiger partial charge in [-0.1, -0.05) is 5.10 Å². The fourth-order valence-corrected chi connectivity index (χ4v) is 1.81. The highest BCUT2D eigenvalue weighted by Crippen LogP contribution is 2.19.